The van der Waals surface area contributed by atoms with Gasteiger partial charge in [-0.15, -0.1) is 11.3 Å². The first-order chi connectivity index (χ1) is 15.2. The Hall–Kier alpha value is -3.84. The number of anilines is 1. The lowest BCUT2D eigenvalue weighted by Gasteiger charge is -2.07. The predicted molar refractivity (Wildman–Crippen MR) is 123 cm³/mol. The van der Waals surface area contributed by atoms with Gasteiger partial charge in [0.2, 0.25) is 5.91 Å². The zero-order valence-corrected chi connectivity index (χ0v) is 17.6. The van der Waals surface area contributed by atoms with E-state index in [1.807, 2.05) is 79.2 Å². The summed E-state index contributed by atoms with van der Waals surface area (Å²) < 4.78 is 2.91. The molecule has 0 aliphatic carbocycles. The SMILES string of the molecule is Cc1cccc(-n2nc(CC(=O)Nc3ccccc3)cc2-c2ccc3ncsc3c2)n1. The van der Waals surface area contributed by atoms with Crippen LogP contribution in [0.15, 0.2) is 78.3 Å². The fourth-order valence-corrected chi connectivity index (χ4v) is 4.17. The van der Waals surface area contributed by atoms with Crippen LogP contribution in [0, 0.1) is 6.92 Å². The highest BCUT2D eigenvalue weighted by molar-refractivity contribution is 7.16. The number of amides is 1. The van der Waals surface area contributed by atoms with Crippen LogP contribution < -0.4 is 5.32 Å². The van der Waals surface area contributed by atoms with Gasteiger partial charge in [0.25, 0.3) is 0 Å². The lowest BCUT2D eigenvalue weighted by atomic mass is 10.1. The van der Waals surface area contributed by atoms with Crippen LogP contribution in [0.25, 0.3) is 27.3 Å². The third-order valence-electron chi connectivity index (χ3n) is 4.88. The molecule has 0 atom stereocenters. The Kier molecular flexibility index (Phi) is 5.01. The summed E-state index contributed by atoms with van der Waals surface area (Å²) in [5.74, 6) is 0.603. The summed E-state index contributed by atoms with van der Waals surface area (Å²) in [6.07, 6.45) is 0.170. The fraction of sp³-hybridized carbons (Fsp3) is 0.0833. The molecule has 1 N–H and O–H groups in total. The first kappa shape index (κ1) is 19.1. The summed E-state index contributed by atoms with van der Waals surface area (Å²) in [7, 11) is 0. The summed E-state index contributed by atoms with van der Waals surface area (Å²) in [4.78, 5) is 21.6. The average molecular weight is 426 g/mol. The Morgan fingerprint density at radius 3 is 2.74 bits per heavy atom. The van der Waals surface area contributed by atoms with Gasteiger partial charge in [-0.2, -0.15) is 5.10 Å². The number of aryl methyl sites for hydroxylation is 1. The van der Waals surface area contributed by atoms with E-state index in [0.29, 0.717) is 11.5 Å². The molecule has 5 aromatic rings. The standard InChI is InChI=1S/C24H19N5OS/c1-16-6-5-9-23(26-16)29-21(17-10-11-20-22(12-17)31-15-25-20)13-19(28-29)14-24(30)27-18-7-3-2-4-8-18/h2-13,15H,14H2,1H3,(H,27,30). The van der Waals surface area contributed by atoms with Crippen molar-refractivity contribution in [1.82, 2.24) is 19.7 Å². The number of rotatable bonds is 5. The number of pyridine rings is 1. The Morgan fingerprint density at radius 2 is 1.90 bits per heavy atom. The first-order valence-corrected chi connectivity index (χ1v) is 10.8. The number of para-hydroxylation sites is 1. The molecular formula is C24H19N5OS. The monoisotopic (exact) mass is 425 g/mol. The van der Waals surface area contributed by atoms with Crippen molar-refractivity contribution >= 4 is 33.1 Å². The molecule has 6 nitrogen and oxygen atoms in total. The Bertz CT molecular complexity index is 1370. The van der Waals surface area contributed by atoms with Crippen LogP contribution in [-0.2, 0) is 11.2 Å². The number of hydrogen-bond acceptors (Lipinski definition) is 5. The molecule has 0 bridgehead atoms. The molecule has 7 heteroatoms. The van der Waals surface area contributed by atoms with Gasteiger partial charge in [0.1, 0.15) is 0 Å². The van der Waals surface area contributed by atoms with Gasteiger partial charge in [-0.25, -0.2) is 14.6 Å². The second kappa shape index (κ2) is 8.12. The fourth-order valence-electron chi connectivity index (χ4n) is 3.45. The highest BCUT2D eigenvalue weighted by Gasteiger charge is 2.16. The van der Waals surface area contributed by atoms with Gasteiger partial charge in [0.05, 0.1) is 33.5 Å². The van der Waals surface area contributed by atoms with E-state index < -0.39 is 0 Å². The van der Waals surface area contributed by atoms with Crippen molar-refractivity contribution in [1.29, 1.82) is 0 Å². The third-order valence-corrected chi connectivity index (χ3v) is 5.67. The summed E-state index contributed by atoms with van der Waals surface area (Å²) in [5.41, 5.74) is 7.04. The summed E-state index contributed by atoms with van der Waals surface area (Å²) in [6, 6.07) is 23.3. The predicted octanol–water partition coefficient (Wildman–Crippen LogP) is 5.03. The van der Waals surface area contributed by atoms with Crippen molar-refractivity contribution in [3.05, 3.63) is 89.7 Å². The normalized spacial score (nSPS) is 11.0. The van der Waals surface area contributed by atoms with Crippen LogP contribution in [0.2, 0.25) is 0 Å². The van der Waals surface area contributed by atoms with Crippen LogP contribution in [0.1, 0.15) is 11.4 Å². The largest absolute Gasteiger partial charge is 0.326 e. The van der Waals surface area contributed by atoms with E-state index in [9.17, 15) is 4.79 Å². The topological polar surface area (TPSA) is 72.7 Å². The van der Waals surface area contributed by atoms with Gasteiger partial charge in [0.15, 0.2) is 5.82 Å². The zero-order chi connectivity index (χ0) is 21.2. The van der Waals surface area contributed by atoms with Crippen LogP contribution in [0.3, 0.4) is 0 Å². The quantitative estimate of drug-likeness (QED) is 0.428. The van der Waals surface area contributed by atoms with Gasteiger partial charge in [0, 0.05) is 16.9 Å². The molecule has 0 fully saturated rings. The Balaban J connectivity index is 1.52. The maximum atomic E-state index is 12.6. The van der Waals surface area contributed by atoms with E-state index in [0.717, 1.165) is 32.9 Å². The minimum Gasteiger partial charge on any atom is -0.326 e. The molecule has 0 radical (unpaired) electrons. The molecule has 0 saturated heterocycles. The van der Waals surface area contributed by atoms with Gasteiger partial charge >= 0.3 is 0 Å². The second-order valence-electron chi connectivity index (χ2n) is 7.20. The molecule has 0 unspecified atom stereocenters. The van der Waals surface area contributed by atoms with E-state index in [1.54, 1.807) is 16.0 Å². The number of fused-ring (bicyclic) bond motifs is 1. The van der Waals surface area contributed by atoms with Crippen molar-refractivity contribution in [3.63, 3.8) is 0 Å². The molecule has 152 valence electrons. The lowest BCUT2D eigenvalue weighted by Crippen LogP contribution is -2.14. The minimum absolute atomic E-state index is 0.113. The highest BCUT2D eigenvalue weighted by atomic mass is 32.1. The molecule has 0 aliphatic rings. The van der Waals surface area contributed by atoms with Crippen LogP contribution >= 0.6 is 11.3 Å². The molecule has 31 heavy (non-hydrogen) atoms. The smallest absolute Gasteiger partial charge is 0.230 e. The molecule has 0 aliphatic heterocycles. The Labute approximate surface area is 183 Å². The van der Waals surface area contributed by atoms with Crippen molar-refractivity contribution < 1.29 is 4.79 Å². The van der Waals surface area contributed by atoms with Crippen molar-refractivity contribution in [3.8, 4) is 17.1 Å². The van der Waals surface area contributed by atoms with E-state index in [1.165, 1.54) is 0 Å². The molecule has 0 spiro atoms. The molecule has 1 amide bonds. The maximum absolute atomic E-state index is 12.6. The third kappa shape index (κ3) is 4.08. The van der Waals surface area contributed by atoms with Gasteiger partial charge in [-0.3, -0.25) is 4.79 Å². The number of hydrogen-bond donors (Lipinski definition) is 1. The number of nitrogens with one attached hydrogen (secondary N) is 1. The number of carbonyl (C=O) groups is 1. The number of nitrogens with zero attached hydrogens (tertiary/aromatic N) is 4. The van der Waals surface area contributed by atoms with E-state index in [4.69, 9.17) is 5.10 Å². The van der Waals surface area contributed by atoms with Crippen molar-refractivity contribution in [2.75, 3.05) is 5.32 Å². The van der Waals surface area contributed by atoms with Gasteiger partial charge in [-0.05, 0) is 49.4 Å². The van der Waals surface area contributed by atoms with Crippen LogP contribution in [0.5, 0.6) is 0 Å². The van der Waals surface area contributed by atoms with Crippen LogP contribution in [-0.4, -0.2) is 25.7 Å². The maximum Gasteiger partial charge on any atom is 0.230 e. The minimum atomic E-state index is -0.113. The zero-order valence-electron chi connectivity index (χ0n) is 16.8. The highest BCUT2D eigenvalue weighted by Crippen LogP contribution is 2.28. The summed E-state index contributed by atoms with van der Waals surface area (Å²) in [5, 5.41) is 7.65. The number of carbonyl (C=O) groups excluding carboxylic acids is 1. The van der Waals surface area contributed by atoms with Gasteiger partial charge < -0.3 is 5.32 Å². The molecule has 2 aromatic carbocycles. The Morgan fingerprint density at radius 1 is 1.03 bits per heavy atom. The van der Waals surface area contributed by atoms with E-state index in [-0.39, 0.29) is 12.3 Å². The van der Waals surface area contributed by atoms with Gasteiger partial charge in [-0.1, -0.05) is 30.3 Å². The summed E-state index contributed by atoms with van der Waals surface area (Å²) >= 11 is 1.60. The number of thiazole rings is 1. The number of aromatic nitrogens is 4. The van der Waals surface area contributed by atoms with Crippen molar-refractivity contribution in [2.24, 2.45) is 0 Å². The van der Waals surface area contributed by atoms with Crippen LogP contribution in [0.4, 0.5) is 5.69 Å². The van der Waals surface area contributed by atoms with Crippen molar-refractivity contribution in [2.45, 2.75) is 13.3 Å². The molecule has 5 rings (SSSR count). The number of benzene rings is 2. The molecular weight excluding hydrogens is 406 g/mol. The molecule has 3 aromatic heterocycles. The second-order valence-corrected chi connectivity index (χ2v) is 8.08. The molecule has 3 heterocycles. The summed E-state index contributed by atoms with van der Waals surface area (Å²) in [6.45, 7) is 1.95. The first-order valence-electron chi connectivity index (χ1n) is 9.87. The average Bonchev–Trinajstić information content (AvgIpc) is 3.40. The van der Waals surface area contributed by atoms with E-state index in [2.05, 4.69) is 21.4 Å². The van der Waals surface area contributed by atoms with E-state index >= 15 is 0 Å². The lowest BCUT2D eigenvalue weighted by molar-refractivity contribution is -0.115. The molecule has 0 saturated carbocycles.